The van der Waals surface area contributed by atoms with Crippen LogP contribution in [0, 0.1) is 0 Å². The summed E-state index contributed by atoms with van der Waals surface area (Å²) in [5, 5.41) is 4.91. The molecule has 206 valence electrons. The van der Waals surface area contributed by atoms with Gasteiger partial charge in [0.25, 0.3) is 0 Å². The second kappa shape index (κ2) is 10.0. The number of benzene rings is 7. The molecule has 0 atom stereocenters. The average Bonchev–Trinajstić information content (AvgIpc) is 3.68. The quantitative estimate of drug-likeness (QED) is 0.203. The highest BCUT2D eigenvalue weighted by Gasteiger charge is 2.24. The summed E-state index contributed by atoms with van der Waals surface area (Å²) >= 11 is 1.85. The van der Waals surface area contributed by atoms with Crippen molar-refractivity contribution in [1.82, 2.24) is 9.55 Å². The number of hydrogen-bond acceptors (Lipinski definition) is 2. The minimum atomic E-state index is 0.953. The van der Waals surface area contributed by atoms with E-state index in [2.05, 4.69) is 162 Å². The van der Waals surface area contributed by atoms with Crippen LogP contribution in [0.25, 0.3) is 81.3 Å². The van der Waals surface area contributed by atoms with Gasteiger partial charge < -0.3 is 0 Å². The first-order valence-electron chi connectivity index (χ1n) is 14.9. The van der Waals surface area contributed by atoms with E-state index in [1.807, 2.05) is 11.3 Å². The summed E-state index contributed by atoms with van der Waals surface area (Å²) in [6.45, 7) is 0. The van der Waals surface area contributed by atoms with Crippen molar-refractivity contribution < 1.29 is 0 Å². The van der Waals surface area contributed by atoms with Gasteiger partial charge >= 0.3 is 0 Å². The Balaban J connectivity index is 1.47. The van der Waals surface area contributed by atoms with Gasteiger partial charge in [-0.1, -0.05) is 140 Å². The molecule has 0 amide bonds. The fourth-order valence-corrected chi connectivity index (χ4v) is 7.84. The summed E-state index contributed by atoms with van der Waals surface area (Å²) in [6.07, 6.45) is 0. The zero-order chi connectivity index (χ0) is 29.0. The molecule has 0 aliphatic rings. The Kier molecular flexibility index (Phi) is 5.71. The van der Waals surface area contributed by atoms with Crippen LogP contribution in [0.5, 0.6) is 0 Å². The Morgan fingerprint density at radius 2 is 1.05 bits per heavy atom. The van der Waals surface area contributed by atoms with Gasteiger partial charge in [0.15, 0.2) is 0 Å². The topological polar surface area (TPSA) is 17.8 Å². The SMILES string of the molecule is c1ccc(-c2cccc(-c3ccccc3)c2-n2c(-c3cccc4c3sc3ccccc34)nc3c4ccccc4ccc32)cc1. The lowest BCUT2D eigenvalue weighted by atomic mass is 9.95. The molecule has 9 aromatic rings. The van der Waals surface area contributed by atoms with E-state index in [0.29, 0.717) is 0 Å². The van der Waals surface area contributed by atoms with Gasteiger partial charge in [-0.05, 0) is 34.7 Å². The molecule has 2 heterocycles. The molecular formula is C41H26N2S. The predicted octanol–water partition coefficient (Wildman–Crippen LogP) is 11.5. The van der Waals surface area contributed by atoms with E-state index < -0.39 is 0 Å². The lowest BCUT2D eigenvalue weighted by Gasteiger charge is -2.20. The van der Waals surface area contributed by atoms with Crippen molar-refractivity contribution in [3.8, 4) is 39.3 Å². The minimum Gasteiger partial charge on any atom is -0.291 e. The summed E-state index contributed by atoms with van der Waals surface area (Å²) < 4.78 is 4.97. The number of thiophene rings is 1. The Morgan fingerprint density at radius 1 is 0.455 bits per heavy atom. The predicted molar refractivity (Wildman–Crippen MR) is 188 cm³/mol. The number of para-hydroxylation sites is 1. The fourth-order valence-electron chi connectivity index (χ4n) is 6.63. The highest BCUT2D eigenvalue weighted by Crippen LogP contribution is 2.45. The third-order valence-electron chi connectivity index (χ3n) is 8.62. The molecule has 0 aliphatic heterocycles. The molecule has 0 saturated carbocycles. The number of hydrogen-bond donors (Lipinski definition) is 0. The zero-order valence-corrected chi connectivity index (χ0v) is 24.6. The fraction of sp³-hybridized carbons (Fsp3) is 0. The molecule has 7 aromatic carbocycles. The first-order chi connectivity index (χ1) is 21.8. The molecule has 2 aromatic heterocycles. The molecule has 2 nitrogen and oxygen atoms in total. The van der Waals surface area contributed by atoms with E-state index in [0.717, 1.165) is 33.5 Å². The first kappa shape index (κ1) is 25.0. The number of fused-ring (bicyclic) bond motifs is 6. The summed E-state index contributed by atoms with van der Waals surface area (Å²) in [4.78, 5) is 5.55. The van der Waals surface area contributed by atoms with Crippen LogP contribution in [0.15, 0.2) is 158 Å². The van der Waals surface area contributed by atoms with Crippen molar-refractivity contribution in [3.63, 3.8) is 0 Å². The van der Waals surface area contributed by atoms with Gasteiger partial charge in [0.2, 0.25) is 0 Å². The summed E-state index contributed by atoms with van der Waals surface area (Å²) in [7, 11) is 0. The Labute approximate surface area is 259 Å². The third-order valence-corrected chi connectivity index (χ3v) is 9.84. The van der Waals surface area contributed by atoms with Crippen LogP contribution in [-0.2, 0) is 0 Å². The van der Waals surface area contributed by atoms with E-state index in [-0.39, 0.29) is 0 Å². The van der Waals surface area contributed by atoms with Gasteiger partial charge in [0.05, 0.1) is 16.7 Å². The van der Waals surface area contributed by atoms with Crippen LogP contribution < -0.4 is 0 Å². The molecule has 0 N–H and O–H groups in total. The van der Waals surface area contributed by atoms with Crippen LogP contribution in [0.4, 0.5) is 0 Å². The second-order valence-corrected chi connectivity index (χ2v) is 12.2. The highest BCUT2D eigenvalue weighted by atomic mass is 32.1. The summed E-state index contributed by atoms with van der Waals surface area (Å²) in [5.41, 5.74) is 9.08. The van der Waals surface area contributed by atoms with E-state index in [4.69, 9.17) is 4.98 Å². The van der Waals surface area contributed by atoms with Gasteiger partial charge in [0, 0.05) is 42.2 Å². The maximum atomic E-state index is 5.55. The van der Waals surface area contributed by atoms with Crippen molar-refractivity contribution in [2.24, 2.45) is 0 Å². The molecule has 0 unspecified atom stereocenters. The van der Waals surface area contributed by atoms with Crippen molar-refractivity contribution in [2.75, 3.05) is 0 Å². The molecule has 0 radical (unpaired) electrons. The van der Waals surface area contributed by atoms with Gasteiger partial charge in [-0.15, -0.1) is 11.3 Å². The van der Waals surface area contributed by atoms with E-state index in [9.17, 15) is 0 Å². The number of rotatable bonds is 4. The minimum absolute atomic E-state index is 0.953. The second-order valence-electron chi connectivity index (χ2n) is 11.1. The third kappa shape index (κ3) is 3.83. The molecule has 9 rings (SSSR count). The van der Waals surface area contributed by atoms with Crippen molar-refractivity contribution in [2.45, 2.75) is 0 Å². The number of aromatic nitrogens is 2. The van der Waals surface area contributed by atoms with Crippen LogP contribution in [0.2, 0.25) is 0 Å². The maximum Gasteiger partial charge on any atom is 0.147 e. The first-order valence-corrected chi connectivity index (χ1v) is 15.7. The molecular weight excluding hydrogens is 553 g/mol. The maximum absolute atomic E-state index is 5.55. The highest BCUT2D eigenvalue weighted by molar-refractivity contribution is 7.26. The van der Waals surface area contributed by atoms with E-state index in [1.54, 1.807) is 0 Å². The van der Waals surface area contributed by atoms with Crippen LogP contribution in [0.3, 0.4) is 0 Å². The zero-order valence-electron chi connectivity index (χ0n) is 23.8. The number of imidazole rings is 1. The summed E-state index contributed by atoms with van der Waals surface area (Å²) in [5.74, 6) is 0.953. The van der Waals surface area contributed by atoms with Crippen LogP contribution in [0.1, 0.15) is 0 Å². The molecule has 0 fully saturated rings. The molecule has 0 saturated heterocycles. The summed E-state index contributed by atoms with van der Waals surface area (Å²) in [6, 6.07) is 56.5. The normalized spacial score (nSPS) is 11.6. The molecule has 3 heteroatoms. The number of nitrogens with zero attached hydrogens (tertiary/aromatic N) is 2. The van der Waals surface area contributed by atoms with Crippen molar-refractivity contribution in [1.29, 1.82) is 0 Å². The van der Waals surface area contributed by atoms with Gasteiger partial charge in [-0.2, -0.15) is 0 Å². The smallest absolute Gasteiger partial charge is 0.147 e. The lowest BCUT2D eigenvalue weighted by Crippen LogP contribution is -2.03. The molecule has 44 heavy (non-hydrogen) atoms. The van der Waals surface area contributed by atoms with Crippen LogP contribution in [-0.4, -0.2) is 9.55 Å². The van der Waals surface area contributed by atoms with Gasteiger partial charge in [-0.3, -0.25) is 4.57 Å². The largest absolute Gasteiger partial charge is 0.291 e. The molecule has 0 spiro atoms. The lowest BCUT2D eigenvalue weighted by molar-refractivity contribution is 1.11. The monoisotopic (exact) mass is 578 g/mol. The van der Waals surface area contributed by atoms with Crippen molar-refractivity contribution in [3.05, 3.63) is 158 Å². The van der Waals surface area contributed by atoms with Crippen LogP contribution >= 0.6 is 11.3 Å². The van der Waals surface area contributed by atoms with Crippen molar-refractivity contribution >= 4 is 53.3 Å². The van der Waals surface area contributed by atoms with Gasteiger partial charge in [0.1, 0.15) is 5.82 Å². The average molecular weight is 579 g/mol. The standard InChI is InChI=1S/C41H26N2S/c1-3-13-27(14-4-1)31-20-11-21-32(28-15-5-2-6-16-28)39(31)43-36-26-25-29-17-7-8-18-30(29)38(36)42-41(43)35-23-12-22-34-33-19-9-10-24-37(33)44-40(34)35/h1-26H. The molecule has 0 bridgehead atoms. The Morgan fingerprint density at radius 3 is 1.80 bits per heavy atom. The van der Waals surface area contributed by atoms with E-state index >= 15 is 0 Å². The molecule has 0 aliphatic carbocycles. The Hall–Kier alpha value is -5.51. The van der Waals surface area contributed by atoms with E-state index in [1.165, 1.54) is 47.8 Å². The van der Waals surface area contributed by atoms with Gasteiger partial charge in [-0.25, -0.2) is 4.98 Å². The Bertz CT molecular complexity index is 2430.